The van der Waals surface area contributed by atoms with E-state index >= 15 is 0 Å². The minimum atomic E-state index is -0.198. The van der Waals surface area contributed by atoms with E-state index in [4.69, 9.17) is 11.5 Å². The number of piperazine rings is 1. The summed E-state index contributed by atoms with van der Waals surface area (Å²) in [7, 11) is 0. The van der Waals surface area contributed by atoms with Gasteiger partial charge in [-0.2, -0.15) is 0 Å². The van der Waals surface area contributed by atoms with Crippen LogP contribution in [-0.2, 0) is 16.1 Å². The Morgan fingerprint density at radius 3 is 2.83 bits per heavy atom. The molecule has 0 atom stereocenters. The van der Waals surface area contributed by atoms with E-state index in [2.05, 4.69) is 9.97 Å². The van der Waals surface area contributed by atoms with Crippen LogP contribution in [-0.4, -0.2) is 57.8 Å². The molecule has 8 nitrogen and oxygen atoms in total. The zero-order chi connectivity index (χ0) is 16.4. The van der Waals surface area contributed by atoms with Crippen LogP contribution in [0.25, 0.3) is 10.9 Å². The lowest BCUT2D eigenvalue weighted by molar-refractivity contribution is -0.145. The molecule has 4 N–H and O–H groups in total. The molecule has 0 bridgehead atoms. The third-order valence-electron chi connectivity index (χ3n) is 3.95. The lowest BCUT2D eigenvalue weighted by Crippen LogP contribution is -2.53. The smallest absolute Gasteiger partial charge is 0.242 e. The summed E-state index contributed by atoms with van der Waals surface area (Å²) >= 11 is 0. The number of aromatic nitrogens is 2. The van der Waals surface area contributed by atoms with E-state index in [0.29, 0.717) is 25.5 Å². The van der Waals surface area contributed by atoms with E-state index in [1.165, 1.54) is 11.2 Å². The van der Waals surface area contributed by atoms with Gasteiger partial charge in [0.15, 0.2) is 0 Å². The van der Waals surface area contributed by atoms with Crippen molar-refractivity contribution >= 4 is 28.5 Å². The molecule has 1 fully saturated rings. The van der Waals surface area contributed by atoms with Crippen LogP contribution in [0.4, 0.5) is 5.82 Å². The van der Waals surface area contributed by atoms with Gasteiger partial charge in [0.2, 0.25) is 11.8 Å². The Bertz CT molecular complexity index is 763. The van der Waals surface area contributed by atoms with Gasteiger partial charge in [0, 0.05) is 25.0 Å². The van der Waals surface area contributed by atoms with Gasteiger partial charge in [-0.25, -0.2) is 9.97 Å². The van der Waals surface area contributed by atoms with Crippen molar-refractivity contribution in [2.45, 2.75) is 6.54 Å². The zero-order valence-electron chi connectivity index (χ0n) is 12.6. The van der Waals surface area contributed by atoms with Gasteiger partial charge in [-0.3, -0.25) is 9.59 Å². The predicted molar refractivity (Wildman–Crippen MR) is 85.0 cm³/mol. The van der Waals surface area contributed by atoms with E-state index in [1.807, 2.05) is 18.2 Å². The third-order valence-corrected chi connectivity index (χ3v) is 3.95. The van der Waals surface area contributed by atoms with E-state index in [-0.39, 0.29) is 24.9 Å². The quantitative estimate of drug-likeness (QED) is 0.776. The van der Waals surface area contributed by atoms with Crippen molar-refractivity contribution in [2.75, 3.05) is 31.9 Å². The monoisotopic (exact) mass is 314 g/mol. The fraction of sp³-hybridized carbons (Fsp3) is 0.333. The standard InChI is InChI=1S/C15H18N6O2/c16-6-13(22)21-4-3-20(14(23)8-21)7-10-1-2-11-12(5-10)18-9-19-15(11)17/h1-2,5,9H,3-4,6-8,16H2,(H2,17,18,19). The first kappa shape index (κ1) is 15.2. The second kappa shape index (κ2) is 6.17. The topological polar surface area (TPSA) is 118 Å². The van der Waals surface area contributed by atoms with E-state index in [9.17, 15) is 9.59 Å². The van der Waals surface area contributed by atoms with Gasteiger partial charge < -0.3 is 21.3 Å². The number of carbonyl (C=O) groups excluding carboxylic acids is 2. The molecule has 0 unspecified atom stereocenters. The molecule has 0 saturated carbocycles. The molecular formula is C15H18N6O2. The van der Waals surface area contributed by atoms with Gasteiger partial charge in [-0.05, 0) is 17.7 Å². The minimum Gasteiger partial charge on any atom is -0.383 e. The Balaban J connectivity index is 1.73. The van der Waals surface area contributed by atoms with Crippen LogP contribution in [0, 0.1) is 0 Å². The van der Waals surface area contributed by atoms with E-state index in [1.54, 1.807) is 4.90 Å². The molecule has 1 aliphatic heterocycles. The highest BCUT2D eigenvalue weighted by atomic mass is 16.2. The lowest BCUT2D eigenvalue weighted by Gasteiger charge is -2.34. The van der Waals surface area contributed by atoms with Crippen LogP contribution in [0.15, 0.2) is 24.5 Å². The predicted octanol–water partition coefficient (Wildman–Crippen LogP) is -0.658. The van der Waals surface area contributed by atoms with Gasteiger partial charge in [0.25, 0.3) is 0 Å². The van der Waals surface area contributed by atoms with Crippen molar-refractivity contribution in [3.63, 3.8) is 0 Å². The normalized spacial score (nSPS) is 15.3. The molecule has 1 saturated heterocycles. The van der Waals surface area contributed by atoms with Crippen molar-refractivity contribution in [3.8, 4) is 0 Å². The second-order valence-corrected chi connectivity index (χ2v) is 5.45. The first-order valence-corrected chi connectivity index (χ1v) is 7.33. The number of nitrogens with zero attached hydrogens (tertiary/aromatic N) is 4. The highest BCUT2D eigenvalue weighted by Crippen LogP contribution is 2.19. The number of rotatable bonds is 3. The SMILES string of the molecule is NCC(=O)N1CCN(Cc2ccc3c(N)ncnc3c2)C(=O)C1. The van der Waals surface area contributed by atoms with Crippen molar-refractivity contribution in [1.29, 1.82) is 0 Å². The lowest BCUT2D eigenvalue weighted by atomic mass is 10.1. The summed E-state index contributed by atoms with van der Waals surface area (Å²) in [6.07, 6.45) is 1.42. The van der Waals surface area contributed by atoms with Crippen molar-refractivity contribution in [3.05, 3.63) is 30.1 Å². The van der Waals surface area contributed by atoms with E-state index in [0.717, 1.165) is 16.5 Å². The maximum Gasteiger partial charge on any atom is 0.242 e. The zero-order valence-corrected chi connectivity index (χ0v) is 12.6. The molecule has 1 aromatic heterocycles. The third kappa shape index (κ3) is 3.07. The summed E-state index contributed by atoms with van der Waals surface area (Å²) in [6.45, 7) is 1.49. The van der Waals surface area contributed by atoms with Crippen molar-refractivity contribution < 1.29 is 9.59 Å². The minimum absolute atomic E-state index is 0.0704. The number of fused-ring (bicyclic) bond motifs is 1. The van der Waals surface area contributed by atoms with E-state index < -0.39 is 0 Å². The summed E-state index contributed by atoms with van der Waals surface area (Å²) in [5.41, 5.74) is 12.8. The Morgan fingerprint density at radius 2 is 2.09 bits per heavy atom. The second-order valence-electron chi connectivity index (χ2n) is 5.45. The van der Waals surface area contributed by atoms with Gasteiger partial charge in [0.05, 0.1) is 18.6 Å². The van der Waals surface area contributed by atoms with Crippen LogP contribution < -0.4 is 11.5 Å². The summed E-state index contributed by atoms with van der Waals surface area (Å²) in [4.78, 5) is 35.1. The van der Waals surface area contributed by atoms with Gasteiger partial charge in [-0.1, -0.05) is 6.07 Å². The molecule has 1 aromatic carbocycles. The molecule has 0 aliphatic carbocycles. The number of anilines is 1. The first-order valence-electron chi connectivity index (χ1n) is 7.33. The van der Waals surface area contributed by atoms with Crippen LogP contribution in [0.3, 0.4) is 0 Å². The fourth-order valence-corrected chi connectivity index (χ4v) is 2.66. The fourth-order valence-electron chi connectivity index (χ4n) is 2.66. The molecule has 23 heavy (non-hydrogen) atoms. The van der Waals surface area contributed by atoms with Crippen molar-refractivity contribution in [1.82, 2.24) is 19.8 Å². The molecule has 1 aliphatic rings. The molecule has 0 radical (unpaired) electrons. The molecule has 120 valence electrons. The summed E-state index contributed by atoms with van der Waals surface area (Å²) in [5.74, 6) is 0.155. The average molecular weight is 314 g/mol. The first-order chi connectivity index (χ1) is 11.1. The van der Waals surface area contributed by atoms with Crippen LogP contribution in [0.5, 0.6) is 0 Å². The van der Waals surface area contributed by atoms with Gasteiger partial charge in [-0.15, -0.1) is 0 Å². The Morgan fingerprint density at radius 1 is 1.26 bits per heavy atom. The Labute approximate surface area is 133 Å². The molecule has 2 aromatic rings. The maximum absolute atomic E-state index is 12.2. The summed E-state index contributed by atoms with van der Waals surface area (Å²) in [6, 6.07) is 5.67. The average Bonchev–Trinajstić information content (AvgIpc) is 2.56. The Kier molecular flexibility index (Phi) is 4.07. The molecule has 8 heteroatoms. The number of amides is 2. The number of nitrogen functional groups attached to an aromatic ring is 1. The number of hydrogen-bond donors (Lipinski definition) is 2. The van der Waals surface area contributed by atoms with Crippen molar-refractivity contribution in [2.24, 2.45) is 5.73 Å². The number of benzene rings is 1. The maximum atomic E-state index is 12.2. The summed E-state index contributed by atoms with van der Waals surface area (Å²) in [5, 5.41) is 0.793. The van der Waals surface area contributed by atoms with Crippen LogP contribution in [0.2, 0.25) is 0 Å². The molecule has 2 amide bonds. The van der Waals surface area contributed by atoms with Crippen LogP contribution in [0.1, 0.15) is 5.56 Å². The van der Waals surface area contributed by atoms with Crippen LogP contribution >= 0.6 is 0 Å². The number of nitrogens with two attached hydrogens (primary N) is 2. The molecule has 0 spiro atoms. The Hall–Kier alpha value is -2.74. The van der Waals surface area contributed by atoms with Gasteiger partial charge in [0.1, 0.15) is 12.1 Å². The molecular weight excluding hydrogens is 296 g/mol. The van der Waals surface area contributed by atoms with Gasteiger partial charge >= 0.3 is 0 Å². The number of carbonyl (C=O) groups is 2. The molecule has 2 heterocycles. The highest BCUT2D eigenvalue weighted by molar-refractivity contribution is 5.88. The largest absolute Gasteiger partial charge is 0.383 e. The number of hydrogen-bond acceptors (Lipinski definition) is 6. The molecule has 3 rings (SSSR count). The summed E-state index contributed by atoms with van der Waals surface area (Å²) < 4.78 is 0. The highest BCUT2D eigenvalue weighted by Gasteiger charge is 2.26.